The quantitative estimate of drug-likeness (QED) is 0.569. The SMILES string of the molecule is Cn1ncc2c(=O)n(CCCCCCCCCS)nnc21. The standard InChI is InChI=1S/C14H23N5OS/c1-18-13-12(11-15-18)14(20)19(17-16-13)9-7-5-3-2-4-6-8-10-21/h11,21H,2-10H2,1H3. The Morgan fingerprint density at radius 2 is 1.76 bits per heavy atom. The molecule has 0 bridgehead atoms. The molecule has 21 heavy (non-hydrogen) atoms. The maximum absolute atomic E-state index is 12.2. The molecule has 0 spiro atoms. The Kier molecular flexibility index (Phi) is 6.22. The van der Waals surface area contributed by atoms with Gasteiger partial charge in [-0.05, 0) is 18.6 Å². The van der Waals surface area contributed by atoms with Gasteiger partial charge in [0, 0.05) is 13.6 Å². The van der Waals surface area contributed by atoms with Crippen LogP contribution in [0.2, 0.25) is 0 Å². The van der Waals surface area contributed by atoms with Crippen LogP contribution >= 0.6 is 12.6 Å². The summed E-state index contributed by atoms with van der Waals surface area (Å²) in [6.45, 7) is 0.632. The lowest BCUT2D eigenvalue weighted by Gasteiger charge is -2.04. The zero-order chi connectivity index (χ0) is 15.1. The van der Waals surface area contributed by atoms with Crippen molar-refractivity contribution in [1.82, 2.24) is 24.8 Å². The lowest BCUT2D eigenvalue weighted by molar-refractivity contribution is 0.491. The van der Waals surface area contributed by atoms with Gasteiger partial charge < -0.3 is 0 Å². The van der Waals surface area contributed by atoms with Gasteiger partial charge in [0.1, 0.15) is 5.39 Å². The predicted molar refractivity (Wildman–Crippen MR) is 86.7 cm³/mol. The Morgan fingerprint density at radius 3 is 2.48 bits per heavy atom. The first-order valence-corrected chi connectivity index (χ1v) is 8.23. The van der Waals surface area contributed by atoms with Gasteiger partial charge in [0.15, 0.2) is 5.65 Å². The molecule has 0 saturated carbocycles. The second-order valence-corrected chi connectivity index (χ2v) is 5.77. The molecule has 116 valence electrons. The summed E-state index contributed by atoms with van der Waals surface area (Å²) in [6, 6.07) is 0. The third-order valence-corrected chi connectivity index (χ3v) is 3.96. The molecule has 0 aliphatic rings. The topological polar surface area (TPSA) is 65.6 Å². The second kappa shape index (κ2) is 8.17. The van der Waals surface area contributed by atoms with Gasteiger partial charge in [-0.25, -0.2) is 9.36 Å². The molecule has 2 heterocycles. The third-order valence-electron chi connectivity index (χ3n) is 3.65. The monoisotopic (exact) mass is 309 g/mol. The number of aryl methyl sites for hydroxylation is 2. The molecule has 0 atom stereocenters. The van der Waals surface area contributed by atoms with Gasteiger partial charge in [0.25, 0.3) is 5.56 Å². The molecule has 2 rings (SSSR count). The molecular formula is C14H23N5OS. The van der Waals surface area contributed by atoms with Crippen molar-refractivity contribution in [2.75, 3.05) is 5.75 Å². The first-order valence-electron chi connectivity index (χ1n) is 7.60. The van der Waals surface area contributed by atoms with E-state index in [0.717, 1.165) is 18.6 Å². The number of fused-ring (bicyclic) bond motifs is 1. The van der Waals surface area contributed by atoms with E-state index in [-0.39, 0.29) is 5.56 Å². The van der Waals surface area contributed by atoms with Gasteiger partial charge in [-0.2, -0.15) is 17.7 Å². The molecule has 0 unspecified atom stereocenters. The summed E-state index contributed by atoms with van der Waals surface area (Å²) in [4.78, 5) is 12.2. The van der Waals surface area contributed by atoms with Gasteiger partial charge in [-0.1, -0.05) is 37.3 Å². The van der Waals surface area contributed by atoms with Crippen molar-refractivity contribution >= 4 is 23.7 Å². The molecule has 6 nitrogen and oxygen atoms in total. The Hall–Kier alpha value is -1.37. The van der Waals surface area contributed by atoms with E-state index in [1.807, 2.05) is 0 Å². The van der Waals surface area contributed by atoms with E-state index in [2.05, 4.69) is 28.0 Å². The van der Waals surface area contributed by atoms with Crippen LogP contribution in [0.15, 0.2) is 11.0 Å². The highest BCUT2D eigenvalue weighted by molar-refractivity contribution is 7.80. The van der Waals surface area contributed by atoms with Crippen molar-refractivity contribution < 1.29 is 0 Å². The van der Waals surface area contributed by atoms with E-state index < -0.39 is 0 Å². The van der Waals surface area contributed by atoms with Gasteiger partial charge in [0.05, 0.1) is 6.20 Å². The van der Waals surface area contributed by atoms with Crippen LogP contribution < -0.4 is 5.56 Å². The van der Waals surface area contributed by atoms with E-state index >= 15 is 0 Å². The smallest absolute Gasteiger partial charge is 0.267 e. The highest BCUT2D eigenvalue weighted by atomic mass is 32.1. The molecule has 0 radical (unpaired) electrons. The Morgan fingerprint density at radius 1 is 1.10 bits per heavy atom. The molecule has 7 heteroatoms. The van der Waals surface area contributed by atoms with Crippen LogP contribution in [0.1, 0.15) is 44.9 Å². The van der Waals surface area contributed by atoms with Crippen LogP contribution in [0.4, 0.5) is 0 Å². The largest absolute Gasteiger partial charge is 0.280 e. The van der Waals surface area contributed by atoms with Crippen molar-refractivity contribution in [2.24, 2.45) is 7.05 Å². The molecule has 2 aromatic rings. The van der Waals surface area contributed by atoms with Crippen LogP contribution in [-0.2, 0) is 13.6 Å². The van der Waals surface area contributed by atoms with E-state index in [9.17, 15) is 4.79 Å². The summed E-state index contributed by atoms with van der Waals surface area (Å²) < 4.78 is 3.02. The molecule has 2 aromatic heterocycles. The van der Waals surface area contributed by atoms with Crippen LogP contribution in [0, 0.1) is 0 Å². The maximum Gasteiger partial charge on any atom is 0.280 e. The average molecular weight is 309 g/mol. The summed E-state index contributed by atoms with van der Waals surface area (Å²) >= 11 is 4.21. The Labute approximate surface area is 129 Å². The summed E-state index contributed by atoms with van der Waals surface area (Å²) in [7, 11) is 1.76. The fourth-order valence-electron chi connectivity index (χ4n) is 2.38. The van der Waals surface area contributed by atoms with Crippen molar-refractivity contribution in [3.8, 4) is 0 Å². The molecular weight excluding hydrogens is 286 g/mol. The zero-order valence-corrected chi connectivity index (χ0v) is 13.4. The van der Waals surface area contributed by atoms with Gasteiger partial charge in [-0.3, -0.25) is 4.79 Å². The molecule has 0 saturated heterocycles. The molecule has 0 fully saturated rings. The highest BCUT2D eigenvalue weighted by Gasteiger charge is 2.08. The lowest BCUT2D eigenvalue weighted by atomic mass is 10.1. The number of aromatic nitrogens is 5. The third kappa shape index (κ3) is 4.30. The molecule has 0 aromatic carbocycles. The van der Waals surface area contributed by atoms with Crippen molar-refractivity contribution in [2.45, 2.75) is 51.5 Å². The lowest BCUT2D eigenvalue weighted by Crippen LogP contribution is -2.24. The van der Waals surface area contributed by atoms with Crippen molar-refractivity contribution in [3.05, 3.63) is 16.6 Å². The van der Waals surface area contributed by atoms with Crippen LogP contribution in [-0.4, -0.2) is 30.5 Å². The molecule has 0 amide bonds. The Balaban J connectivity index is 1.76. The van der Waals surface area contributed by atoms with Crippen LogP contribution in [0.3, 0.4) is 0 Å². The van der Waals surface area contributed by atoms with Gasteiger partial charge in [0.2, 0.25) is 0 Å². The fraction of sp³-hybridized carbons (Fsp3) is 0.714. The van der Waals surface area contributed by atoms with Gasteiger partial charge in [-0.15, -0.1) is 5.10 Å². The minimum atomic E-state index is -0.0955. The number of unbranched alkanes of at least 4 members (excludes halogenated alkanes) is 6. The first-order chi connectivity index (χ1) is 10.2. The number of nitrogens with zero attached hydrogens (tertiary/aromatic N) is 5. The van der Waals surface area contributed by atoms with E-state index in [4.69, 9.17) is 0 Å². The minimum absolute atomic E-state index is 0.0955. The fourth-order valence-corrected chi connectivity index (χ4v) is 2.60. The number of hydrogen-bond donors (Lipinski definition) is 1. The number of rotatable bonds is 9. The van der Waals surface area contributed by atoms with Gasteiger partial charge >= 0.3 is 0 Å². The second-order valence-electron chi connectivity index (χ2n) is 5.32. The van der Waals surface area contributed by atoms with Crippen molar-refractivity contribution in [3.63, 3.8) is 0 Å². The molecule has 0 aliphatic carbocycles. The average Bonchev–Trinajstić information content (AvgIpc) is 2.86. The van der Waals surface area contributed by atoms with Crippen LogP contribution in [0.25, 0.3) is 11.0 Å². The zero-order valence-electron chi connectivity index (χ0n) is 12.5. The van der Waals surface area contributed by atoms with E-state index in [1.54, 1.807) is 17.9 Å². The van der Waals surface area contributed by atoms with E-state index in [0.29, 0.717) is 17.6 Å². The number of thiol groups is 1. The predicted octanol–water partition coefficient (Wildman–Crippen LogP) is 2.19. The summed E-state index contributed by atoms with van der Waals surface area (Å²) in [5.74, 6) is 0.985. The highest BCUT2D eigenvalue weighted by Crippen LogP contribution is 2.08. The first kappa shape index (κ1) is 16.0. The van der Waals surface area contributed by atoms with E-state index in [1.165, 1.54) is 36.8 Å². The van der Waals surface area contributed by atoms with Crippen molar-refractivity contribution in [1.29, 1.82) is 0 Å². The summed E-state index contributed by atoms with van der Waals surface area (Å²) in [5, 5.41) is 12.6. The summed E-state index contributed by atoms with van der Waals surface area (Å²) in [5.41, 5.74) is 0.447. The normalized spacial score (nSPS) is 11.3. The molecule has 0 N–H and O–H groups in total. The number of hydrogen-bond acceptors (Lipinski definition) is 5. The maximum atomic E-state index is 12.2. The summed E-state index contributed by atoms with van der Waals surface area (Å²) in [6.07, 6.45) is 9.88. The van der Waals surface area contributed by atoms with Crippen LogP contribution in [0.5, 0.6) is 0 Å². The Bertz CT molecular complexity index is 621. The molecule has 0 aliphatic heterocycles. The minimum Gasteiger partial charge on any atom is -0.267 e.